The van der Waals surface area contributed by atoms with Crippen molar-refractivity contribution in [2.24, 2.45) is 5.16 Å². The third-order valence-corrected chi connectivity index (χ3v) is 5.29. The molecule has 0 saturated carbocycles. The maximum atomic E-state index is 11.5. The molecule has 0 amide bonds. The molecular weight excluding hydrogens is 360 g/mol. The molecule has 0 saturated heterocycles. The van der Waals surface area contributed by atoms with E-state index in [1.807, 2.05) is 30.3 Å². The van der Waals surface area contributed by atoms with Crippen molar-refractivity contribution < 1.29 is 14.4 Å². The van der Waals surface area contributed by atoms with Gasteiger partial charge < -0.3 is 14.5 Å². The van der Waals surface area contributed by atoms with Crippen LogP contribution in [0.1, 0.15) is 29.3 Å². The van der Waals surface area contributed by atoms with Gasteiger partial charge in [0.15, 0.2) is 10.9 Å². The smallest absolute Gasteiger partial charge is 0.311 e. The van der Waals surface area contributed by atoms with Gasteiger partial charge in [0.25, 0.3) is 0 Å². The van der Waals surface area contributed by atoms with Crippen molar-refractivity contribution in [3.63, 3.8) is 0 Å². The Morgan fingerprint density at radius 2 is 2.12 bits per heavy atom. The van der Waals surface area contributed by atoms with Gasteiger partial charge in [0.2, 0.25) is 0 Å². The van der Waals surface area contributed by atoms with Crippen LogP contribution in [0.3, 0.4) is 0 Å². The molecule has 0 bridgehead atoms. The second kappa shape index (κ2) is 7.89. The minimum absolute atomic E-state index is 0.210. The first-order valence-electron chi connectivity index (χ1n) is 8.05. The van der Waals surface area contributed by atoms with Gasteiger partial charge in [-0.3, -0.25) is 4.79 Å². The van der Waals surface area contributed by atoms with E-state index in [4.69, 9.17) is 21.2 Å². The number of esters is 1. The molecule has 0 N–H and O–H groups in total. The number of halogens is 1. The highest BCUT2D eigenvalue weighted by atomic mass is 35.5. The van der Waals surface area contributed by atoms with E-state index in [1.54, 1.807) is 18.3 Å². The summed E-state index contributed by atoms with van der Waals surface area (Å²) in [4.78, 5) is 20.0. The van der Waals surface area contributed by atoms with Crippen LogP contribution in [-0.2, 0) is 22.6 Å². The van der Waals surface area contributed by atoms with Gasteiger partial charge in [-0.15, -0.1) is 11.3 Å². The maximum absolute atomic E-state index is 11.5. The summed E-state index contributed by atoms with van der Waals surface area (Å²) in [5.41, 5.74) is 2.11. The Hall–Kier alpha value is -2.05. The average molecular weight is 379 g/mol. The molecule has 2 aromatic rings. The topological polar surface area (TPSA) is 51.1 Å². The van der Waals surface area contributed by atoms with Gasteiger partial charge in [-0.25, -0.2) is 0 Å². The average Bonchev–Trinajstić information content (AvgIpc) is 3.01. The molecule has 25 heavy (non-hydrogen) atoms. The van der Waals surface area contributed by atoms with E-state index in [2.05, 4.69) is 10.1 Å². The molecule has 1 aromatic heterocycles. The highest BCUT2D eigenvalue weighted by Gasteiger charge is 2.24. The Balaban J connectivity index is 1.81. The van der Waals surface area contributed by atoms with Crippen LogP contribution in [0.2, 0.25) is 5.02 Å². The van der Waals surface area contributed by atoms with Crippen molar-refractivity contribution in [2.75, 3.05) is 13.7 Å². The first kappa shape index (κ1) is 17.8. The summed E-state index contributed by atoms with van der Waals surface area (Å²) < 4.78 is 5.35. The predicted molar refractivity (Wildman–Crippen MR) is 99.4 cm³/mol. The monoisotopic (exact) mass is 378 g/mol. The van der Waals surface area contributed by atoms with Crippen LogP contribution < -0.4 is 4.74 Å². The lowest BCUT2D eigenvalue weighted by atomic mass is 10.1. The normalized spacial score (nSPS) is 14.2. The Morgan fingerprint density at radius 3 is 2.80 bits per heavy atom. The lowest BCUT2D eigenvalue weighted by Gasteiger charge is -2.29. The van der Waals surface area contributed by atoms with Gasteiger partial charge in [-0.05, 0) is 42.3 Å². The zero-order valence-electron chi connectivity index (χ0n) is 14.1. The SMILES string of the molecule is CCC(=O)Oc1cc2c(s1)CCN(/C(=N\OC)c1ccc(Cl)cc1)C2. The predicted octanol–water partition coefficient (Wildman–Crippen LogP) is 4.08. The Kier molecular flexibility index (Phi) is 5.60. The summed E-state index contributed by atoms with van der Waals surface area (Å²) in [6.07, 6.45) is 1.25. The van der Waals surface area contributed by atoms with E-state index in [0.717, 1.165) is 29.9 Å². The van der Waals surface area contributed by atoms with E-state index >= 15 is 0 Å². The van der Waals surface area contributed by atoms with Crippen LogP contribution in [0.4, 0.5) is 0 Å². The molecule has 5 nitrogen and oxygen atoms in total. The van der Waals surface area contributed by atoms with E-state index in [-0.39, 0.29) is 5.97 Å². The van der Waals surface area contributed by atoms with Gasteiger partial charge in [0, 0.05) is 35.0 Å². The first-order chi connectivity index (χ1) is 12.1. The van der Waals surface area contributed by atoms with E-state index in [1.165, 1.54) is 12.0 Å². The van der Waals surface area contributed by atoms with Crippen molar-refractivity contribution >= 4 is 34.7 Å². The van der Waals surface area contributed by atoms with Gasteiger partial charge in [-0.1, -0.05) is 23.7 Å². The molecule has 0 spiro atoms. The van der Waals surface area contributed by atoms with Crippen LogP contribution >= 0.6 is 22.9 Å². The van der Waals surface area contributed by atoms with Gasteiger partial charge in [0.05, 0.1) is 0 Å². The Morgan fingerprint density at radius 1 is 1.36 bits per heavy atom. The quantitative estimate of drug-likeness (QED) is 0.348. The van der Waals surface area contributed by atoms with Crippen molar-refractivity contribution in [2.45, 2.75) is 26.3 Å². The second-order valence-corrected chi connectivity index (χ2v) is 7.15. The second-order valence-electron chi connectivity index (χ2n) is 5.62. The zero-order valence-corrected chi connectivity index (χ0v) is 15.7. The number of amidine groups is 1. The number of fused-ring (bicyclic) bond motifs is 1. The van der Waals surface area contributed by atoms with Crippen LogP contribution in [0, 0.1) is 0 Å². The molecule has 132 valence electrons. The van der Waals surface area contributed by atoms with Crippen molar-refractivity contribution in [3.05, 3.63) is 51.4 Å². The summed E-state index contributed by atoms with van der Waals surface area (Å²) in [5.74, 6) is 0.557. The fraction of sp³-hybridized carbons (Fsp3) is 0.333. The van der Waals surface area contributed by atoms with E-state index < -0.39 is 0 Å². The van der Waals surface area contributed by atoms with Crippen LogP contribution in [0.15, 0.2) is 35.5 Å². The summed E-state index contributed by atoms with van der Waals surface area (Å²) >= 11 is 7.52. The molecule has 0 atom stereocenters. The van der Waals surface area contributed by atoms with Crippen LogP contribution in [0.5, 0.6) is 5.06 Å². The third kappa shape index (κ3) is 4.14. The lowest BCUT2D eigenvalue weighted by Crippen LogP contribution is -2.36. The molecule has 7 heteroatoms. The molecule has 2 heterocycles. The Bertz CT molecular complexity index is 786. The minimum Gasteiger partial charge on any atom is -0.415 e. The van der Waals surface area contributed by atoms with E-state index in [0.29, 0.717) is 23.1 Å². The fourth-order valence-corrected chi connectivity index (χ4v) is 3.85. The summed E-state index contributed by atoms with van der Waals surface area (Å²) in [5, 5.41) is 5.55. The molecule has 0 aliphatic carbocycles. The molecule has 0 radical (unpaired) electrons. The number of rotatable bonds is 4. The van der Waals surface area contributed by atoms with Gasteiger partial charge >= 0.3 is 5.97 Å². The number of thiophene rings is 1. The molecule has 1 aliphatic rings. The number of carbonyl (C=O) groups is 1. The lowest BCUT2D eigenvalue weighted by molar-refractivity contribution is -0.133. The fourth-order valence-electron chi connectivity index (χ4n) is 2.70. The van der Waals surface area contributed by atoms with Crippen LogP contribution in [-0.4, -0.2) is 30.4 Å². The number of oxime groups is 1. The molecule has 1 aliphatic heterocycles. The standard InChI is InChI=1S/C18H19ClN2O3S/c1-3-16(22)24-17-10-13-11-21(9-8-15(13)25-17)18(20-23-2)12-4-6-14(19)7-5-12/h4-7,10H,3,8-9,11H2,1-2H3/b20-18-. The number of nitrogens with zero attached hydrogens (tertiary/aromatic N) is 2. The highest BCUT2D eigenvalue weighted by molar-refractivity contribution is 7.14. The van der Waals surface area contributed by atoms with Gasteiger partial charge in [0.1, 0.15) is 7.11 Å². The Labute approximate surface area is 155 Å². The van der Waals surface area contributed by atoms with Crippen molar-refractivity contribution in [1.29, 1.82) is 0 Å². The molecule has 1 aromatic carbocycles. The van der Waals surface area contributed by atoms with Crippen molar-refractivity contribution in [1.82, 2.24) is 4.90 Å². The van der Waals surface area contributed by atoms with Gasteiger partial charge in [-0.2, -0.15) is 0 Å². The third-order valence-electron chi connectivity index (χ3n) is 3.93. The first-order valence-corrected chi connectivity index (χ1v) is 9.24. The number of benzene rings is 1. The van der Waals surface area contributed by atoms with E-state index in [9.17, 15) is 4.79 Å². The summed E-state index contributed by atoms with van der Waals surface area (Å²) in [7, 11) is 1.54. The number of ether oxygens (including phenoxy) is 1. The number of hydrogen-bond acceptors (Lipinski definition) is 5. The van der Waals surface area contributed by atoms with Crippen molar-refractivity contribution in [3.8, 4) is 5.06 Å². The summed E-state index contributed by atoms with van der Waals surface area (Å²) in [6.45, 7) is 3.30. The summed E-state index contributed by atoms with van der Waals surface area (Å²) in [6, 6.07) is 9.48. The number of carbonyl (C=O) groups excluding carboxylic acids is 1. The maximum Gasteiger partial charge on any atom is 0.311 e. The number of hydrogen-bond donors (Lipinski definition) is 0. The molecule has 0 unspecified atom stereocenters. The zero-order chi connectivity index (χ0) is 17.8. The largest absolute Gasteiger partial charge is 0.415 e. The molecule has 0 fully saturated rings. The van der Waals surface area contributed by atoms with Crippen LogP contribution in [0.25, 0.3) is 0 Å². The minimum atomic E-state index is -0.210. The molecular formula is C18H19ClN2O3S. The molecule has 3 rings (SSSR count). The highest BCUT2D eigenvalue weighted by Crippen LogP contribution is 2.34.